The molecule has 1 N–H and O–H groups in total. The highest BCUT2D eigenvalue weighted by Crippen LogP contribution is 2.37. The van der Waals surface area contributed by atoms with Gasteiger partial charge in [-0.25, -0.2) is 4.85 Å². The van der Waals surface area contributed by atoms with Gasteiger partial charge in [-0.1, -0.05) is 59.6 Å². The van der Waals surface area contributed by atoms with Crippen molar-refractivity contribution in [2.75, 3.05) is 44.3 Å². The Morgan fingerprint density at radius 1 is 1.06 bits per heavy atom. The Morgan fingerprint density at radius 3 is 2.46 bits per heavy atom. The van der Waals surface area contributed by atoms with Crippen molar-refractivity contribution in [1.82, 2.24) is 4.90 Å². The number of aliphatic hydroxyl groups excluding tert-OH is 1. The fourth-order valence-electron chi connectivity index (χ4n) is 4.23. The van der Waals surface area contributed by atoms with Crippen molar-refractivity contribution in [3.63, 3.8) is 0 Å². The summed E-state index contributed by atoms with van der Waals surface area (Å²) < 4.78 is 5.49. The molecule has 3 aromatic carbocycles. The third-order valence-electron chi connectivity index (χ3n) is 5.99. The molecule has 0 radical (unpaired) electrons. The summed E-state index contributed by atoms with van der Waals surface area (Å²) in [6, 6.07) is 20.0. The van der Waals surface area contributed by atoms with Crippen molar-refractivity contribution in [3.05, 3.63) is 99.3 Å². The number of hydrogen-bond donors (Lipinski definition) is 1. The number of piperazine rings is 1. The van der Waals surface area contributed by atoms with Crippen LogP contribution in [-0.2, 0) is 0 Å². The van der Waals surface area contributed by atoms with Gasteiger partial charge in [0, 0.05) is 36.3 Å². The molecule has 0 unspecified atom stereocenters. The maximum Gasteiger partial charge on any atom is 0.187 e. The highest BCUT2D eigenvalue weighted by atomic mass is 35.5. The zero-order valence-electron chi connectivity index (χ0n) is 19.0. The Bertz CT molecular complexity index is 1210. The van der Waals surface area contributed by atoms with E-state index in [1.807, 2.05) is 36.4 Å². The lowest BCUT2D eigenvalue weighted by Gasteiger charge is -2.43. The van der Waals surface area contributed by atoms with Crippen molar-refractivity contribution < 1.29 is 14.6 Å². The molecule has 8 heteroatoms. The summed E-state index contributed by atoms with van der Waals surface area (Å²) in [6.07, 6.45) is 0. The first kappa shape index (κ1) is 25.0. The van der Waals surface area contributed by atoms with E-state index in [0.717, 1.165) is 11.3 Å². The summed E-state index contributed by atoms with van der Waals surface area (Å²) in [7, 11) is 0. The van der Waals surface area contributed by atoms with Crippen LogP contribution in [0.4, 0.5) is 11.4 Å². The number of ether oxygens (including phenoxy) is 1. The van der Waals surface area contributed by atoms with Gasteiger partial charge in [-0.3, -0.25) is 9.69 Å². The first-order valence-electron chi connectivity index (χ1n) is 11.3. The summed E-state index contributed by atoms with van der Waals surface area (Å²) in [5, 5.41) is 10.2. The lowest BCUT2D eigenvalue weighted by molar-refractivity contribution is 0.0914. The number of halogens is 2. The lowest BCUT2D eigenvalue weighted by Crippen LogP contribution is -2.50. The second-order valence-electron chi connectivity index (χ2n) is 8.26. The largest absolute Gasteiger partial charge is 0.491 e. The average Bonchev–Trinajstić information content (AvgIpc) is 2.88. The van der Waals surface area contributed by atoms with Gasteiger partial charge in [0.1, 0.15) is 12.4 Å². The number of rotatable bonds is 8. The quantitative estimate of drug-likeness (QED) is 0.313. The highest BCUT2D eigenvalue weighted by molar-refractivity contribution is 6.33. The van der Waals surface area contributed by atoms with E-state index in [-0.39, 0.29) is 31.6 Å². The van der Waals surface area contributed by atoms with Crippen LogP contribution in [0.3, 0.4) is 0 Å². The molecule has 0 aromatic heterocycles. The Morgan fingerprint density at radius 2 is 1.80 bits per heavy atom. The molecule has 6 nitrogen and oxygen atoms in total. The summed E-state index contributed by atoms with van der Waals surface area (Å²) in [6.45, 7) is 9.50. The van der Waals surface area contributed by atoms with Gasteiger partial charge in [-0.15, -0.1) is 0 Å². The van der Waals surface area contributed by atoms with E-state index in [1.165, 1.54) is 0 Å². The summed E-state index contributed by atoms with van der Waals surface area (Å²) in [5.74, 6) is 0.623. The number of carbonyl (C=O) groups excluding carboxylic acids is 1. The van der Waals surface area contributed by atoms with Gasteiger partial charge in [0.05, 0.1) is 36.5 Å². The Balaban J connectivity index is 1.55. The number of benzene rings is 3. The number of nitrogens with zero attached hydrogens (tertiary/aromatic N) is 3. The Hall–Kier alpha value is -3.08. The molecule has 1 aliphatic rings. The Kier molecular flexibility index (Phi) is 8.27. The molecule has 0 spiro atoms. The van der Waals surface area contributed by atoms with Gasteiger partial charge in [-0.05, 0) is 29.8 Å². The maximum absolute atomic E-state index is 12.9. The molecule has 1 atom stereocenters. The molecule has 3 aromatic rings. The summed E-state index contributed by atoms with van der Waals surface area (Å²) in [4.78, 5) is 20.7. The van der Waals surface area contributed by atoms with Crippen LogP contribution in [0.2, 0.25) is 10.0 Å². The molecule has 4 rings (SSSR count). The number of aliphatic hydroxyl groups is 1. The Labute approximate surface area is 215 Å². The maximum atomic E-state index is 12.9. The van der Waals surface area contributed by atoms with Crippen LogP contribution in [-0.4, -0.2) is 55.2 Å². The van der Waals surface area contributed by atoms with E-state index in [9.17, 15) is 4.79 Å². The van der Waals surface area contributed by atoms with Crippen LogP contribution < -0.4 is 9.64 Å². The predicted molar refractivity (Wildman–Crippen MR) is 139 cm³/mol. The minimum absolute atomic E-state index is 0.0215. The number of Topliss-reactive ketones (excluding diaryl/α,β-unsaturated/α-hetero) is 1. The first-order valence-corrected chi connectivity index (χ1v) is 12.0. The predicted octanol–water partition coefficient (Wildman–Crippen LogP) is 5.66. The van der Waals surface area contributed by atoms with Crippen molar-refractivity contribution in [3.8, 4) is 5.75 Å². The zero-order valence-corrected chi connectivity index (χ0v) is 20.5. The summed E-state index contributed by atoms with van der Waals surface area (Å²) in [5.41, 5.74) is 3.07. The molecule has 35 heavy (non-hydrogen) atoms. The van der Waals surface area contributed by atoms with E-state index in [0.29, 0.717) is 46.7 Å². The van der Waals surface area contributed by atoms with Crippen LogP contribution >= 0.6 is 23.2 Å². The van der Waals surface area contributed by atoms with Gasteiger partial charge in [-0.2, -0.15) is 0 Å². The lowest BCUT2D eigenvalue weighted by atomic mass is 10.0. The van der Waals surface area contributed by atoms with E-state index < -0.39 is 0 Å². The molecule has 1 heterocycles. The van der Waals surface area contributed by atoms with Gasteiger partial charge < -0.3 is 14.7 Å². The van der Waals surface area contributed by atoms with Crippen LogP contribution in [0, 0.1) is 6.57 Å². The van der Waals surface area contributed by atoms with E-state index in [2.05, 4.69) is 14.6 Å². The molecule has 0 bridgehead atoms. The second kappa shape index (κ2) is 11.6. The van der Waals surface area contributed by atoms with Gasteiger partial charge in [0.25, 0.3) is 0 Å². The topological polar surface area (TPSA) is 57.4 Å². The number of anilines is 1. The number of hydrogen-bond acceptors (Lipinski definition) is 5. The van der Waals surface area contributed by atoms with E-state index in [4.69, 9.17) is 39.6 Å². The zero-order chi connectivity index (χ0) is 24.8. The molecule has 0 saturated carbocycles. The molecule has 180 valence electrons. The third-order valence-corrected chi connectivity index (χ3v) is 6.55. The third kappa shape index (κ3) is 6.14. The SMILES string of the molecule is [C-]#[N+]c1ccc(C(=O)CN2CCN(c3ccc(OCCO)cc3Cl)[C@H](c3ccc(Cl)cc3)C2)cc1. The van der Waals surface area contributed by atoms with Crippen molar-refractivity contribution in [1.29, 1.82) is 0 Å². The fraction of sp³-hybridized carbons (Fsp3) is 0.259. The normalized spacial score (nSPS) is 16.1. The van der Waals surface area contributed by atoms with Crippen molar-refractivity contribution >= 4 is 40.4 Å². The van der Waals surface area contributed by atoms with Gasteiger partial charge in [0.2, 0.25) is 0 Å². The van der Waals surface area contributed by atoms with Crippen LogP contribution in [0.25, 0.3) is 4.85 Å². The monoisotopic (exact) mass is 509 g/mol. The summed E-state index contributed by atoms with van der Waals surface area (Å²) >= 11 is 12.8. The smallest absolute Gasteiger partial charge is 0.187 e. The molecule has 1 aliphatic heterocycles. The van der Waals surface area contributed by atoms with Gasteiger partial charge >= 0.3 is 0 Å². The molecule has 0 amide bonds. The fourth-order valence-corrected chi connectivity index (χ4v) is 4.64. The molecule has 1 saturated heterocycles. The standard InChI is InChI=1S/C27H25Cl2N3O3/c1-30-22-8-4-20(5-9-22)27(34)18-31-12-13-32(26(17-31)19-2-6-21(28)7-3-19)25-11-10-23(16-24(25)29)35-15-14-33/h2-11,16,26,33H,12-15,17-18H2/t26-/m0/s1. The van der Waals surface area contributed by atoms with Crippen LogP contribution in [0.1, 0.15) is 22.0 Å². The van der Waals surface area contributed by atoms with Crippen molar-refractivity contribution in [2.24, 2.45) is 0 Å². The molecule has 1 fully saturated rings. The molecular formula is C27H25Cl2N3O3. The van der Waals surface area contributed by atoms with Gasteiger partial charge in [0.15, 0.2) is 11.5 Å². The van der Waals surface area contributed by atoms with E-state index >= 15 is 0 Å². The average molecular weight is 510 g/mol. The highest BCUT2D eigenvalue weighted by Gasteiger charge is 2.30. The molecule has 0 aliphatic carbocycles. The first-order chi connectivity index (χ1) is 17.0. The van der Waals surface area contributed by atoms with Crippen LogP contribution in [0.15, 0.2) is 66.7 Å². The minimum Gasteiger partial charge on any atom is -0.491 e. The molecular weight excluding hydrogens is 485 g/mol. The van der Waals surface area contributed by atoms with Crippen LogP contribution in [0.5, 0.6) is 5.75 Å². The second-order valence-corrected chi connectivity index (χ2v) is 9.11. The van der Waals surface area contributed by atoms with E-state index in [1.54, 1.807) is 30.3 Å². The minimum atomic E-state index is -0.0671. The van der Waals surface area contributed by atoms with Crippen molar-refractivity contribution in [2.45, 2.75) is 6.04 Å². The number of ketones is 1. The number of carbonyl (C=O) groups is 1.